The largest absolute Gasteiger partial charge is 0.178 e. The van der Waals surface area contributed by atoms with Gasteiger partial charge in [0.05, 0.1) is 0 Å². The quantitative estimate of drug-likeness (QED) is 0.582. The predicted octanol–water partition coefficient (Wildman–Crippen LogP) is 3.36. The molecule has 0 fully saturated rings. The molecule has 1 aromatic carbocycles. The SMILES string of the molecule is SCCSc1ccc(Cl)cc1. The summed E-state index contributed by atoms with van der Waals surface area (Å²) >= 11 is 11.6. The van der Waals surface area contributed by atoms with Crippen LogP contribution in [0.4, 0.5) is 0 Å². The van der Waals surface area contributed by atoms with Crippen LogP contribution in [0.5, 0.6) is 0 Å². The standard InChI is InChI=1S/C8H9ClS2/c9-7-1-3-8(4-2-7)11-6-5-10/h1-4,10H,5-6H2. The van der Waals surface area contributed by atoms with Crippen molar-refractivity contribution in [2.75, 3.05) is 11.5 Å². The molecule has 3 heteroatoms. The number of benzene rings is 1. The fourth-order valence-corrected chi connectivity index (χ4v) is 1.75. The van der Waals surface area contributed by atoms with Crippen molar-refractivity contribution in [3.05, 3.63) is 29.3 Å². The van der Waals surface area contributed by atoms with Gasteiger partial charge in [-0.15, -0.1) is 11.8 Å². The molecule has 0 bridgehead atoms. The molecule has 0 spiro atoms. The van der Waals surface area contributed by atoms with E-state index in [0.29, 0.717) is 0 Å². The zero-order chi connectivity index (χ0) is 8.10. The van der Waals surface area contributed by atoms with Gasteiger partial charge in [0.1, 0.15) is 0 Å². The summed E-state index contributed by atoms with van der Waals surface area (Å²) in [6, 6.07) is 7.86. The van der Waals surface area contributed by atoms with Crippen LogP contribution in [0.15, 0.2) is 29.2 Å². The Balaban J connectivity index is 2.52. The third-order valence-electron chi connectivity index (χ3n) is 1.17. The Morgan fingerprint density at radius 3 is 2.45 bits per heavy atom. The summed E-state index contributed by atoms with van der Waals surface area (Å²) in [4.78, 5) is 1.25. The molecule has 0 atom stereocenters. The lowest BCUT2D eigenvalue weighted by atomic mass is 10.4. The molecule has 1 rings (SSSR count). The molecule has 60 valence electrons. The van der Waals surface area contributed by atoms with Crippen molar-refractivity contribution in [1.82, 2.24) is 0 Å². The van der Waals surface area contributed by atoms with Gasteiger partial charge in [-0.25, -0.2) is 0 Å². The van der Waals surface area contributed by atoms with Crippen LogP contribution in [-0.2, 0) is 0 Å². The lowest BCUT2D eigenvalue weighted by Gasteiger charge is -1.97. The molecule has 0 amide bonds. The molecule has 0 aliphatic carbocycles. The van der Waals surface area contributed by atoms with E-state index < -0.39 is 0 Å². The highest BCUT2D eigenvalue weighted by atomic mass is 35.5. The first kappa shape index (κ1) is 9.30. The maximum atomic E-state index is 5.72. The lowest BCUT2D eigenvalue weighted by Crippen LogP contribution is -1.78. The maximum Gasteiger partial charge on any atom is 0.0406 e. The summed E-state index contributed by atoms with van der Waals surface area (Å²) in [6.07, 6.45) is 0. The minimum Gasteiger partial charge on any atom is -0.178 e. The van der Waals surface area contributed by atoms with E-state index in [2.05, 4.69) is 12.6 Å². The average molecular weight is 205 g/mol. The Bertz CT molecular complexity index is 208. The number of thiol groups is 1. The van der Waals surface area contributed by atoms with E-state index >= 15 is 0 Å². The summed E-state index contributed by atoms with van der Waals surface area (Å²) in [5, 5.41) is 0.792. The number of thioether (sulfide) groups is 1. The number of hydrogen-bond acceptors (Lipinski definition) is 2. The van der Waals surface area contributed by atoms with Crippen LogP contribution >= 0.6 is 36.0 Å². The molecule has 0 heterocycles. The Labute approximate surface area is 81.7 Å². The zero-order valence-electron chi connectivity index (χ0n) is 5.96. The van der Waals surface area contributed by atoms with Crippen LogP contribution < -0.4 is 0 Å². The molecule has 0 saturated heterocycles. The summed E-state index contributed by atoms with van der Waals surface area (Å²) in [5.74, 6) is 1.96. The van der Waals surface area contributed by atoms with E-state index in [1.165, 1.54) is 4.90 Å². The highest BCUT2D eigenvalue weighted by Crippen LogP contribution is 2.19. The molecule has 0 aliphatic heterocycles. The second-order valence-electron chi connectivity index (χ2n) is 2.03. The molecule has 0 nitrogen and oxygen atoms in total. The summed E-state index contributed by atoms with van der Waals surface area (Å²) < 4.78 is 0. The zero-order valence-corrected chi connectivity index (χ0v) is 8.42. The summed E-state index contributed by atoms with van der Waals surface area (Å²) in [5.41, 5.74) is 0. The predicted molar refractivity (Wildman–Crippen MR) is 56.0 cm³/mol. The molecule has 0 N–H and O–H groups in total. The van der Waals surface area contributed by atoms with Gasteiger partial charge in [0.2, 0.25) is 0 Å². The van der Waals surface area contributed by atoms with Gasteiger partial charge in [0.15, 0.2) is 0 Å². The van der Waals surface area contributed by atoms with Gasteiger partial charge in [-0.05, 0) is 30.0 Å². The van der Waals surface area contributed by atoms with Gasteiger partial charge in [-0.1, -0.05) is 11.6 Å². The first-order valence-corrected chi connectivity index (χ1v) is 5.32. The Morgan fingerprint density at radius 1 is 1.27 bits per heavy atom. The number of rotatable bonds is 3. The lowest BCUT2D eigenvalue weighted by molar-refractivity contribution is 1.44. The van der Waals surface area contributed by atoms with Crippen molar-refractivity contribution >= 4 is 36.0 Å². The number of hydrogen-bond donors (Lipinski definition) is 1. The maximum absolute atomic E-state index is 5.72. The Morgan fingerprint density at radius 2 is 1.91 bits per heavy atom. The average Bonchev–Trinajstić information content (AvgIpc) is 2.04. The molecule has 11 heavy (non-hydrogen) atoms. The van der Waals surface area contributed by atoms with E-state index in [-0.39, 0.29) is 0 Å². The van der Waals surface area contributed by atoms with Gasteiger partial charge in [-0.2, -0.15) is 12.6 Å². The van der Waals surface area contributed by atoms with Crippen LogP contribution in [0.1, 0.15) is 0 Å². The molecular formula is C8H9ClS2. The van der Waals surface area contributed by atoms with Crippen LogP contribution in [0.3, 0.4) is 0 Å². The van der Waals surface area contributed by atoms with Crippen LogP contribution in [0, 0.1) is 0 Å². The third-order valence-corrected chi connectivity index (χ3v) is 2.97. The molecule has 0 radical (unpaired) electrons. The second kappa shape index (κ2) is 4.96. The Kier molecular flexibility index (Phi) is 4.20. The van der Waals surface area contributed by atoms with E-state index in [1.54, 1.807) is 11.8 Å². The van der Waals surface area contributed by atoms with Gasteiger partial charge in [0.25, 0.3) is 0 Å². The number of halogens is 1. The van der Waals surface area contributed by atoms with E-state index in [9.17, 15) is 0 Å². The van der Waals surface area contributed by atoms with Crippen LogP contribution in [0.2, 0.25) is 5.02 Å². The van der Waals surface area contributed by atoms with Gasteiger partial charge in [0, 0.05) is 15.7 Å². The van der Waals surface area contributed by atoms with Crippen LogP contribution in [-0.4, -0.2) is 11.5 Å². The molecular weight excluding hydrogens is 196 g/mol. The van der Waals surface area contributed by atoms with Crippen molar-refractivity contribution in [2.45, 2.75) is 4.90 Å². The molecule has 0 aromatic heterocycles. The summed E-state index contributed by atoms with van der Waals surface area (Å²) in [7, 11) is 0. The Hall–Kier alpha value is 0.210. The molecule has 1 aromatic rings. The van der Waals surface area contributed by atoms with E-state index in [4.69, 9.17) is 11.6 Å². The van der Waals surface area contributed by atoms with Gasteiger partial charge in [-0.3, -0.25) is 0 Å². The fourth-order valence-electron chi connectivity index (χ4n) is 0.694. The van der Waals surface area contributed by atoms with Gasteiger partial charge >= 0.3 is 0 Å². The topological polar surface area (TPSA) is 0 Å². The molecule has 0 saturated carbocycles. The third kappa shape index (κ3) is 3.41. The van der Waals surface area contributed by atoms with Crippen molar-refractivity contribution in [3.63, 3.8) is 0 Å². The van der Waals surface area contributed by atoms with Crippen molar-refractivity contribution in [1.29, 1.82) is 0 Å². The van der Waals surface area contributed by atoms with E-state index in [0.717, 1.165) is 16.5 Å². The monoisotopic (exact) mass is 204 g/mol. The van der Waals surface area contributed by atoms with Crippen molar-refractivity contribution < 1.29 is 0 Å². The normalized spacial score (nSPS) is 10.0. The highest BCUT2D eigenvalue weighted by Gasteiger charge is 1.91. The fraction of sp³-hybridized carbons (Fsp3) is 0.250. The van der Waals surface area contributed by atoms with Crippen LogP contribution in [0.25, 0.3) is 0 Å². The first-order chi connectivity index (χ1) is 5.33. The first-order valence-electron chi connectivity index (χ1n) is 3.32. The second-order valence-corrected chi connectivity index (χ2v) is 4.08. The molecule has 0 aliphatic rings. The highest BCUT2D eigenvalue weighted by molar-refractivity contribution is 8.00. The minimum absolute atomic E-state index is 0.792. The van der Waals surface area contributed by atoms with Crippen molar-refractivity contribution in [3.8, 4) is 0 Å². The minimum atomic E-state index is 0.792. The summed E-state index contributed by atoms with van der Waals surface area (Å²) in [6.45, 7) is 0. The molecule has 0 unspecified atom stereocenters. The smallest absolute Gasteiger partial charge is 0.0406 e. The van der Waals surface area contributed by atoms with E-state index in [1.807, 2.05) is 24.3 Å². The van der Waals surface area contributed by atoms with Crippen molar-refractivity contribution in [2.24, 2.45) is 0 Å². The van der Waals surface area contributed by atoms with Gasteiger partial charge < -0.3 is 0 Å².